The fourth-order valence-corrected chi connectivity index (χ4v) is 2.43. The summed E-state index contributed by atoms with van der Waals surface area (Å²) in [5.41, 5.74) is 3.39. The summed E-state index contributed by atoms with van der Waals surface area (Å²) in [4.78, 5) is 2.44. The second kappa shape index (κ2) is 5.30. The van der Waals surface area contributed by atoms with E-state index < -0.39 is 0 Å². The van der Waals surface area contributed by atoms with Crippen LogP contribution in [0, 0.1) is 0 Å². The van der Waals surface area contributed by atoms with E-state index in [1.54, 1.807) is 4.68 Å². The van der Waals surface area contributed by atoms with E-state index in [0.717, 1.165) is 11.4 Å². The van der Waals surface area contributed by atoms with Gasteiger partial charge < -0.3 is 10.2 Å². The van der Waals surface area contributed by atoms with Gasteiger partial charge in [-0.05, 0) is 37.1 Å². The van der Waals surface area contributed by atoms with E-state index >= 15 is 0 Å². The molecule has 1 fully saturated rings. The summed E-state index contributed by atoms with van der Waals surface area (Å²) in [5.74, 6) is 0. The first-order valence-corrected chi connectivity index (χ1v) is 6.75. The van der Waals surface area contributed by atoms with E-state index in [0.29, 0.717) is 6.54 Å². The fraction of sp³-hybridized carbons (Fsp3) is 0.429. The SMILES string of the molecule is Cn1cc(CNc2ccc(N3CCCC3)cc2)nn1. The average Bonchev–Trinajstić information content (AvgIpc) is 3.08. The van der Waals surface area contributed by atoms with Crippen molar-refractivity contribution in [1.29, 1.82) is 0 Å². The first-order valence-electron chi connectivity index (χ1n) is 6.75. The number of hydrogen-bond donors (Lipinski definition) is 1. The van der Waals surface area contributed by atoms with Crippen LogP contribution < -0.4 is 10.2 Å². The highest BCUT2D eigenvalue weighted by molar-refractivity contribution is 5.55. The van der Waals surface area contributed by atoms with Gasteiger partial charge in [0, 0.05) is 37.7 Å². The summed E-state index contributed by atoms with van der Waals surface area (Å²) < 4.78 is 1.72. The van der Waals surface area contributed by atoms with Crippen LogP contribution in [0.4, 0.5) is 11.4 Å². The van der Waals surface area contributed by atoms with E-state index in [1.807, 2.05) is 13.2 Å². The Morgan fingerprint density at radius 3 is 2.53 bits per heavy atom. The molecule has 0 unspecified atom stereocenters. The zero-order valence-corrected chi connectivity index (χ0v) is 11.2. The molecule has 0 bridgehead atoms. The van der Waals surface area contributed by atoms with Gasteiger partial charge in [0.05, 0.1) is 6.54 Å². The molecular weight excluding hydrogens is 238 g/mol. The summed E-state index contributed by atoms with van der Waals surface area (Å²) in [6.45, 7) is 3.08. The van der Waals surface area contributed by atoms with Crippen LogP contribution in [-0.2, 0) is 13.6 Å². The summed E-state index contributed by atoms with van der Waals surface area (Å²) in [6.07, 6.45) is 4.55. The van der Waals surface area contributed by atoms with Crippen LogP contribution in [0.15, 0.2) is 30.5 Å². The van der Waals surface area contributed by atoms with Gasteiger partial charge in [0.2, 0.25) is 0 Å². The molecule has 0 spiro atoms. The molecule has 2 aromatic rings. The van der Waals surface area contributed by atoms with Gasteiger partial charge in [0.25, 0.3) is 0 Å². The Balaban J connectivity index is 1.59. The molecule has 100 valence electrons. The largest absolute Gasteiger partial charge is 0.379 e. The molecule has 1 aliphatic rings. The van der Waals surface area contributed by atoms with Gasteiger partial charge in [-0.2, -0.15) is 0 Å². The Kier molecular flexibility index (Phi) is 3.35. The molecule has 1 saturated heterocycles. The first kappa shape index (κ1) is 12.0. The number of aromatic nitrogens is 3. The molecular formula is C14H19N5. The van der Waals surface area contributed by atoms with Crippen LogP contribution >= 0.6 is 0 Å². The third kappa shape index (κ3) is 2.86. The zero-order valence-electron chi connectivity index (χ0n) is 11.2. The number of nitrogens with zero attached hydrogens (tertiary/aromatic N) is 4. The van der Waals surface area contributed by atoms with Gasteiger partial charge in [0.1, 0.15) is 5.69 Å². The van der Waals surface area contributed by atoms with Crippen molar-refractivity contribution < 1.29 is 0 Å². The Labute approximate surface area is 113 Å². The number of benzene rings is 1. The maximum Gasteiger partial charge on any atom is 0.102 e. The fourth-order valence-electron chi connectivity index (χ4n) is 2.43. The van der Waals surface area contributed by atoms with Crippen LogP contribution in [0.1, 0.15) is 18.5 Å². The predicted molar refractivity (Wildman–Crippen MR) is 76.2 cm³/mol. The minimum absolute atomic E-state index is 0.705. The molecule has 0 amide bonds. The molecule has 1 aromatic heterocycles. The molecule has 0 atom stereocenters. The van der Waals surface area contributed by atoms with E-state index in [-0.39, 0.29) is 0 Å². The van der Waals surface area contributed by atoms with Crippen LogP contribution in [0.5, 0.6) is 0 Å². The van der Waals surface area contributed by atoms with Gasteiger partial charge in [-0.3, -0.25) is 4.68 Å². The van der Waals surface area contributed by atoms with Crippen molar-refractivity contribution in [2.24, 2.45) is 7.05 Å². The molecule has 1 aliphatic heterocycles. The smallest absolute Gasteiger partial charge is 0.102 e. The standard InChI is InChI=1S/C14H19N5/c1-18-11-13(16-17-18)10-15-12-4-6-14(7-5-12)19-8-2-3-9-19/h4-7,11,15H,2-3,8-10H2,1H3. The van der Waals surface area contributed by atoms with Crippen molar-refractivity contribution in [1.82, 2.24) is 15.0 Å². The van der Waals surface area contributed by atoms with Gasteiger partial charge in [0.15, 0.2) is 0 Å². The van der Waals surface area contributed by atoms with E-state index in [1.165, 1.54) is 31.6 Å². The van der Waals surface area contributed by atoms with Gasteiger partial charge in [-0.15, -0.1) is 5.10 Å². The topological polar surface area (TPSA) is 46.0 Å². The maximum atomic E-state index is 4.05. The Morgan fingerprint density at radius 1 is 1.16 bits per heavy atom. The van der Waals surface area contributed by atoms with E-state index in [2.05, 4.69) is 44.8 Å². The third-order valence-corrected chi connectivity index (χ3v) is 3.46. The van der Waals surface area contributed by atoms with Gasteiger partial charge in [-0.1, -0.05) is 5.21 Å². The lowest BCUT2D eigenvalue weighted by atomic mass is 10.2. The molecule has 5 heteroatoms. The Bertz CT molecular complexity index is 525. The van der Waals surface area contributed by atoms with Crippen molar-refractivity contribution in [2.75, 3.05) is 23.3 Å². The number of nitrogens with one attached hydrogen (secondary N) is 1. The monoisotopic (exact) mass is 257 g/mol. The highest BCUT2D eigenvalue weighted by Gasteiger charge is 2.11. The molecule has 2 heterocycles. The Morgan fingerprint density at radius 2 is 1.89 bits per heavy atom. The summed E-state index contributed by atoms with van der Waals surface area (Å²) in [7, 11) is 1.88. The molecule has 0 radical (unpaired) electrons. The lowest BCUT2D eigenvalue weighted by molar-refractivity contribution is 0.713. The van der Waals surface area contributed by atoms with Crippen molar-refractivity contribution >= 4 is 11.4 Å². The van der Waals surface area contributed by atoms with Gasteiger partial charge >= 0.3 is 0 Å². The van der Waals surface area contributed by atoms with E-state index in [9.17, 15) is 0 Å². The number of hydrogen-bond acceptors (Lipinski definition) is 4. The lowest BCUT2D eigenvalue weighted by Crippen LogP contribution is -2.17. The molecule has 0 aliphatic carbocycles. The minimum Gasteiger partial charge on any atom is -0.379 e. The molecule has 19 heavy (non-hydrogen) atoms. The minimum atomic E-state index is 0.705. The number of anilines is 2. The molecule has 1 N–H and O–H groups in total. The maximum absolute atomic E-state index is 4.05. The van der Waals surface area contributed by atoms with Crippen molar-refractivity contribution in [3.8, 4) is 0 Å². The molecule has 1 aromatic carbocycles. The van der Waals surface area contributed by atoms with Gasteiger partial charge in [-0.25, -0.2) is 0 Å². The highest BCUT2D eigenvalue weighted by atomic mass is 15.4. The quantitative estimate of drug-likeness (QED) is 0.910. The van der Waals surface area contributed by atoms with Crippen LogP contribution in [-0.4, -0.2) is 28.1 Å². The first-order chi connectivity index (χ1) is 9.31. The second-order valence-corrected chi connectivity index (χ2v) is 4.98. The van der Waals surface area contributed by atoms with Crippen LogP contribution in [0.2, 0.25) is 0 Å². The van der Waals surface area contributed by atoms with E-state index in [4.69, 9.17) is 0 Å². The van der Waals surface area contributed by atoms with Crippen LogP contribution in [0.25, 0.3) is 0 Å². The van der Waals surface area contributed by atoms with Crippen LogP contribution in [0.3, 0.4) is 0 Å². The van der Waals surface area contributed by atoms with Crippen molar-refractivity contribution in [2.45, 2.75) is 19.4 Å². The third-order valence-electron chi connectivity index (χ3n) is 3.46. The lowest BCUT2D eigenvalue weighted by Gasteiger charge is -2.17. The molecule has 3 rings (SSSR count). The number of aryl methyl sites for hydroxylation is 1. The Hall–Kier alpha value is -2.04. The summed E-state index contributed by atoms with van der Waals surface area (Å²) >= 11 is 0. The highest BCUT2D eigenvalue weighted by Crippen LogP contribution is 2.22. The average molecular weight is 257 g/mol. The number of rotatable bonds is 4. The molecule has 5 nitrogen and oxygen atoms in total. The summed E-state index contributed by atoms with van der Waals surface area (Å²) in [6, 6.07) is 8.63. The second-order valence-electron chi connectivity index (χ2n) is 4.98. The van der Waals surface area contributed by atoms with Crippen molar-refractivity contribution in [3.63, 3.8) is 0 Å². The summed E-state index contributed by atoms with van der Waals surface area (Å²) in [5, 5.41) is 11.3. The molecule has 0 saturated carbocycles. The zero-order chi connectivity index (χ0) is 13.1. The normalized spacial score (nSPS) is 14.9. The predicted octanol–water partition coefficient (Wildman–Crippen LogP) is 2.03. The van der Waals surface area contributed by atoms with Crippen molar-refractivity contribution in [3.05, 3.63) is 36.2 Å².